The lowest BCUT2D eigenvalue weighted by molar-refractivity contribution is -0.131. The van der Waals surface area contributed by atoms with Crippen LogP contribution in [0.5, 0.6) is 0 Å². The third kappa shape index (κ3) is 2.71. The largest absolute Gasteiger partial charge is 0.335 e. The minimum Gasteiger partial charge on any atom is -0.335 e. The Morgan fingerprint density at radius 3 is 2.88 bits per heavy atom. The van der Waals surface area contributed by atoms with Crippen molar-refractivity contribution in [3.63, 3.8) is 0 Å². The number of pyridine rings is 1. The maximum absolute atomic E-state index is 13.0. The van der Waals surface area contributed by atoms with E-state index in [0.717, 1.165) is 42.1 Å². The predicted molar refractivity (Wildman–Crippen MR) is 95.3 cm³/mol. The molecule has 0 saturated carbocycles. The maximum Gasteiger partial charge on any atom is 0.229 e. The van der Waals surface area contributed by atoms with E-state index in [1.807, 2.05) is 58.5 Å². The second-order valence-electron chi connectivity index (χ2n) is 6.83. The van der Waals surface area contributed by atoms with Crippen LogP contribution in [0.15, 0.2) is 30.6 Å². The van der Waals surface area contributed by atoms with Crippen molar-refractivity contribution in [2.75, 3.05) is 6.54 Å². The van der Waals surface area contributed by atoms with Crippen LogP contribution >= 0.6 is 0 Å². The van der Waals surface area contributed by atoms with Gasteiger partial charge in [-0.15, -0.1) is 0 Å². The molecule has 1 atom stereocenters. The van der Waals surface area contributed by atoms with Gasteiger partial charge in [0.2, 0.25) is 5.91 Å². The van der Waals surface area contributed by atoms with Gasteiger partial charge in [0.05, 0.1) is 23.9 Å². The number of likely N-dealkylation sites (tertiary alicyclic amines) is 1. The predicted octanol–water partition coefficient (Wildman–Crippen LogP) is 2.59. The molecule has 0 bridgehead atoms. The van der Waals surface area contributed by atoms with E-state index < -0.39 is 0 Å². The summed E-state index contributed by atoms with van der Waals surface area (Å²) in [6.45, 7) is 4.93. The Labute approximate surface area is 147 Å². The second kappa shape index (κ2) is 6.02. The lowest BCUT2D eigenvalue weighted by Crippen LogP contribution is -2.32. The van der Waals surface area contributed by atoms with E-state index in [1.54, 1.807) is 0 Å². The van der Waals surface area contributed by atoms with Crippen molar-refractivity contribution in [1.82, 2.24) is 24.1 Å². The number of amides is 1. The third-order valence-corrected chi connectivity index (χ3v) is 5.22. The topological polar surface area (TPSA) is 55.4 Å². The molecule has 0 aromatic carbocycles. The van der Waals surface area contributed by atoms with Gasteiger partial charge in [-0.2, -0.15) is 5.10 Å². The van der Waals surface area contributed by atoms with Crippen LogP contribution in [-0.4, -0.2) is 36.5 Å². The highest BCUT2D eigenvalue weighted by Gasteiger charge is 2.33. The SMILES string of the molecule is Cc1nn(C)c(C)c1C1CCCN1C(=O)Cc1cn2ccccc2n1. The first kappa shape index (κ1) is 15.9. The fourth-order valence-corrected chi connectivity index (χ4v) is 3.97. The molecular weight excluding hydrogens is 314 g/mol. The fraction of sp³-hybridized carbons (Fsp3) is 0.421. The maximum atomic E-state index is 13.0. The quantitative estimate of drug-likeness (QED) is 0.738. The van der Waals surface area contributed by atoms with E-state index in [1.165, 1.54) is 5.56 Å². The average molecular weight is 337 g/mol. The zero-order valence-corrected chi connectivity index (χ0v) is 14.9. The molecule has 1 aliphatic rings. The van der Waals surface area contributed by atoms with E-state index in [2.05, 4.69) is 17.0 Å². The number of nitrogens with zero attached hydrogens (tertiary/aromatic N) is 5. The number of imidazole rings is 1. The van der Waals surface area contributed by atoms with E-state index in [4.69, 9.17) is 0 Å². The lowest BCUT2D eigenvalue weighted by atomic mass is 10.0. The van der Waals surface area contributed by atoms with E-state index in [0.29, 0.717) is 6.42 Å². The third-order valence-electron chi connectivity index (χ3n) is 5.22. The standard InChI is InChI=1S/C19H23N5O/c1-13-19(14(2)22(3)21-13)16-7-6-10-24(16)18(25)11-15-12-23-9-5-4-8-17(23)20-15/h4-5,8-9,12,16H,6-7,10-11H2,1-3H3. The van der Waals surface area contributed by atoms with E-state index in [-0.39, 0.29) is 11.9 Å². The minimum absolute atomic E-state index is 0.137. The van der Waals surface area contributed by atoms with Crippen molar-refractivity contribution in [2.45, 2.75) is 39.2 Å². The van der Waals surface area contributed by atoms with Gasteiger partial charge in [0.25, 0.3) is 0 Å². The van der Waals surface area contributed by atoms with Crippen LogP contribution < -0.4 is 0 Å². The highest BCUT2D eigenvalue weighted by molar-refractivity contribution is 5.79. The summed E-state index contributed by atoms with van der Waals surface area (Å²) < 4.78 is 3.87. The first-order chi connectivity index (χ1) is 12.0. The number of aromatic nitrogens is 4. The number of fused-ring (bicyclic) bond motifs is 1. The monoisotopic (exact) mass is 337 g/mol. The molecule has 4 rings (SSSR count). The summed E-state index contributed by atoms with van der Waals surface area (Å²) in [5.74, 6) is 0.147. The molecule has 4 heterocycles. The van der Waals surface area contributed by atoms with Crippen molar-refractivity contribution in [2.24, 2.45) is 7.05 Å². The molecule has 0 radical (unpaired) electrons. The summed E-state index contributed by atoms with van der Waals surface area (Å²) in [4.78, 5) is 19.5. The summed E-state index contributed by atoms with van der Waals surface area (Å²) in [6.07, 6.45) is 6.28. The lowest BCUT2D eigenvalue weighted by Gasteiger charge is -2.25. The highest BCUT2D eigenvalue weighted by Crippen LogP contribution is 2.35. The Hall–Kier alpha value is -2.63. The summed E-state index contributed by atoms with van der Waals surface area (Å²) in [5, 5.41) is 4.52. The number of rotatable bonds is 3. The van der Waals surface area contributed by atoms with Crippen molar-refractivity contribution < 1.29 is 4.79 Å². The first-order valence-electron chi connectivity index (χ1n) is 8.77. The van der Waals surface area contributed by atoms with Gasteiger partial charge in [0.15, 0.2) is 0 Å². The molecule has 0 aliphatic carbocycles. The van der Waals surface area contributed by atoms with Gasteiger partial charge < -0.3 is 9.30 Å². The molecule has 1 amide bonds. The molecule has 6 heteroatoms. The Kier molecular flexibility index (Phi) is 3.82. The molecule has 3 aromatic heterocycles. The summed E-state index contributed by atoms with van der Waals surface area (Å²) >= 11 is 0. The number of aryl methyl sites for hydroxylation is 2. The zero-order valence-electron chi connectivity index (χ0n) is 14.9. The molecule has 0 spiro atoms. The van der Waals surface area contributed by atoms with Crippen molar-refractivity contribution in [1.29, 1.82) is 0 Å². The Morgan fingerprint density at radius 1 is 1.32 bits per heavy atom. The van der Waals surface area contributed by atoms with Gasteiger partial charge in [-0.05, 0) is 38.8 Å². The summed E-state index contributed by atoms with van der Waals surface area (Å²) in [5.41, 5.74) is 5.08. The normalized spacial score (nSPS) is 17.6. The van der Waals surface area contributed by atoms with Crippen LogP contribution in [0, 0.1) is 13.8 Å². The van der Waals surface area contributed by atoms with Gasteiger partial charge in [-0.3, -0.25) is 9.48 Å². The average Bonchev–Trinajstić information content (AvgIpc) is 3.25. The Bertz CT molecular complexity index is 906. The van der Waals surface area contributed by atoms with Crippen LogP contribution in [0.1, 0.15) is 41.5 Å². The van der Waals surface area contributed by atoms with Crippen LogP contribution in [0.25, 0.3) is 5.65 Å². The number of carbonyl (C=O) groups is 1. The van der Waals surface area contributed by atoms with Crippen molar-refractivity contribution in [3.05, 3.63) is 53.2 Å². The van der Waals surface area contributed by atoms with Gasteiger partial charge in [-0.25, -0.2) is 4.98 Å². The van der Waals surface area contributed by atoms with Crippen molar-refractivity contribution in [3.8, 4) is 0 Å². The number of hydrogen-bond acceptors (Lipinski definition) is 3. The molecule has 25 heavy (non-hydrogen) atoms. The second-order valence-corrected chi connectivity index (χ2v) is 6.83. The smallest absolute Gasteiger partial charge is 0.229 e. The Morgan fingerprint density at radius 2 is 2.16 bits per heavy atom. The molecule has 0 N–H and O–H groups in total. The van der Waals surface area contributed by atoms with E-state index in [9.17, 15) is 4.79 Å². The van der Waals surface area contributed by atoms with Gasteiger partial charge in [0, 0.05) is 37.2 Å². The fourth-order valence-electron chi connectivity index (χ4n) is 3.97. The Balaban J connectivity index is 1.58. The molecule has 130 valence electrons. The molecule has 1 fully saturated rings. The summed E-state index contributed by atoms with van der Waals surface area (Å²) in [6, 6.07) is 6.01. The molecule has 1 aliphatic heterocycles. The number of hydrogen-bond donors (Lipinski definition) is 0. The zero-order chi connectivity index (χ0) is 17.6. The van der Waals surface area contributed by atoms with Gasteiger partial charge in [0.1, 0.15) is 5.65 Å². The first-order valence-corrected chi connectivity index (χ1v) is 8.77. The minimum atomic E-state index is 0.137. The molecular formula is C19H23N5O. The van der Waals surface area contributed by atoms with Gasteiger partial charge in [-0.1, -0.05) is 6.07 Å². The summed E-state index contributed by atoms with van der Waals surface area (Å²) in [7, 11) is 1.96. The van der Waals surface area contributed by atoms with E-state index >= 15 is 0 Å². The van der Waals surface area contributed by atoms with Crippen LogP contribution in [0.2, 0.25) is 0 Å². The van der Waals surface area contributed by atoms with Crippen LogP contribution in [0.3, 0.4) is 0 Å². The number of carbonyl (C=O) groups excluding carboxylic acids is 1. The van der Waals surface area contributed by atoms with Crippen molar-refractivity contribution >= 4 is 11.6 Å². The van der Waals surface area contributed by atoms with Gasteiger partial charge >= 0.3 is 0 Å². The molecule has 6 nitrogen and oxygen atoms in total. The van der Waals surface area contributed by atoms with Crippen LogP contribution in [-0.2, 0) is 18.3 Å². The molecule has 1 unspecified atom stereocenters. The molecule has 1 saturated heterocycles. The highest BCUT2D eigenvalue weighted by atomic mass is 16.2. The molecule has 3 aromatic rings. The van der Waals surface area contributed by atoms with Crippen LogP contribution in [0.4, 0.5) is 0 Å².